The molecule has 82 valence electrons. The van der Waals surface area contributed by atoms with E-state index in [0.717, 1.165) is 31.8 Å². The minimum atomic E-state index is 0.299. The minimum absolute atomic E-state index is 0.299. The Morgan fingerprint density at radius 1 is 1.53 bits per heavy atom. The average molecular weight is 228 g/mol. The molecule has 1 aliphatic heterocycles. The summed E-state index contributed by atoms with van der Waals surface area (Å²) in [6.45, 7) is 1.69. The predicted molar refractivity (Wildman–Crippen MR) is 59.3 cm³/mol. The summed E-state index contributed by atoms with van der Waals surface area (Å²) in [5.74, 6) is 0.717. The number of hydrogen-bond donors (Lipinski definition) is 0. The van der Waals surface area contributed by atoms with Crippen molar-refractivity contribution in [3.63, 3.8) is 0 Å². The summed E-state index contributed by atoms with van der Waals surface area (Å²) >= 11 is 5.95. The van der Waals surface area contributed by atoms with Crippen LogP contribution in [0.1, 0.15) is 12.8 Å². The highest BCUT2D eigenvalue weighted by Gasteiger charge is 2.19. The fourth-order valence-electron chi connectivity index (χ4n) is 1.75. The molecule has 1 unspecified atom stereocenters. The molecule has 0 bridgehead atoms. The van der Waals surface area contributed by atoms with E-state index >= 15 is 0 Å². The second-order valence-electron chi connectivity index (χ2n) is 3.69. The van der Waals surface area contributed by atoms with Crippen LogP contribution in [0.15, 0.2) is 12.4 Å². The van der Waals surface area contributed by atoms with Crippen molar-refractivity contribution in [2.24, 2.45) is 0 Å². The van der Waals surface area contributed by atoms with Crippen molar-refractivity contribution in [2.45, 2.75) is 18.9 Å². The Hall–Kier alpha value is -0.870. The number of anilines is 1. The Morgan fingerprint density at radius 2 is 2.33 bits per heavy atom. The second-order valence-corrected chi connectivity index (χ2v) is 4.04. The summed E-state index contributed by atoms with van der Waals surface area (Å²) in [5, 5.41) is 0.443. The molecule has 1 aliphatic rings. The van der Waals surface area contributed by atoms with Gasteiger partial charge in [0.15, 0.2) is 11.0 Å². The van der Waals surface area contributed by atoms with Crippen LogP contribution < -0.4 is 4.90 Å². The summed E-state index contributed by atoms with van der Waals surface area (Å²) < 4.78 is 5.55. The molecule has 0 spiro atoms. The fourth-order valence-corrected chi connectivity index (χ4v) is 2.00. The number of halogens is 1. The van der Waals surface area contributed by atoms with Gasteiger partial charge in [-0.15, -0.1) is 0 Å². The number of nitrogens with zero attached hydrogens (tertiary/aromatic N) is 3. The zero-order chi connectivity index (χ0) is 10.7. The Morgan fingerprint density at radius 3 is 3.00 bits per heavy atom. The smallest absolute Gasteiger partial charge is 0.171 e. The summed E-state index contributed by atoms with van der Waals surface area (Å²) in [4.78, 5) is 10.2. The monoisotopic (exact) mass is 227 g/mol. The van der Waals surface area contributed by atoms with Gasteiger partial charge in [-0.1, -0.05) is 11.6 Å². The molecule has 0 radical (unpaired) electrons. The van der Waals surface area contributed by atoms with Crippen molar-refractivity contribution >= 4 is 17.4 Å². The number of hydrogen-bond acceptors (Lipinski definition) is 4. The summed E-state index contributed by atoms with van der Waals surface area (Å²) in [5.41, 5.74) is 0. The van der Waals surface area contributed by atoms with Crippen molar-refractivity contribution in [3.05, 3.63) is 17.5 Å². The first-order valence-electron chi connectivity index (χ1n) is 5.06. The molecule has 1 aromatic rings. The molecular weight excluding hydrogens is 214 g/mol. The van der Waals surface area contributed by atoms with Crippen molar-refractivity contribution in [1.29, 1.82) is 0 Å². The average Bonchev–Trinajstić information content (AvgIpc) is 2.71. The van der Waals surface area contributed by atoms with Crippen molar-refractivity contribution < 1.29 is 4.74 Å². The molecule has 4 nitrogen and oxygen atoms in total. The molecule has 0 saturated carbocycles. The highest BCUT2D eigenvalue weighted by atomic mass is 35.5. The fraction of sp³-hybridized carbons (Fsp3) is 0.600. The molecule has 2 rings (SSSR count). The van der Waals surface area contributed by atoms with E-state index < -0.39 is 0 Å². The first-order chi connectivity index (χ1) is 7.27. The van der Waals surface area contributed by atoms with E-state index in [0.29, 0.717) is 11.3 Å². The van der Waals surface area contributed by atoms with Gasteiger partial charge in [-0.2, -0.15) is 0 Å². The first-order valence-corrected chi connectivity index (χ1v) is 5.44. The highest BCUT2D eigenvalue weighted by molar-refractivity contribution is 6.31. The molecular formula is C10H14ClN3O. The normalized spacial score (nSPS) is 20.5. The highest BCUT2D eigenvalue weighted by Crippen LogP contribution is 2.21. The molecule has 15 heavy (non-hydrogen) atoms. The van der Waals surface area contributed by atoms with Crippen LogP contribution in [-0.4, -0.2) is 36.3 Å². The van der Waals surface area contributed by atoms with Crippen LogP contribution in [-0.2, 0) is 4.74 Å². The van der Waals surface area contributed by atoms with Crippen LogP contribution >= 0.6 is 11.6 Å². The van der Waals surface area contributed by atoms with Crippen LogP contribution in [0.25, 0.3) is 0 Å². The number of aromatic nitrogens is 2. The lowest BCUT2D eigenvalue weighted by Gasteiger charge is -2.21. The van der Waals surface area contributed by atoms with Gasteiger partial charge in [-0.25, -0.2) is 9.97 Å². The van der Waals surface area contributed by atoms with Gasteiger partial charge in [-0.05, 0) is 12.8 Å². The summed E-state index contributed by atoms with van der Waals surface area (Å²) in [6, 6.07) is 0. The van der Waals surface area contributed by atoms with Gasteiger partial charge in [0.1, 0.15) is 0 Å². The van der Waals surface area contributed by atoms with Gasteiger partial charge in [0.05, 0.1) is 6.10 Å². The largest absolute Gasteiger partial charge is 0.376 e. The maximum atomic E-state index is 5.95. The molecule has 0 aromatic carbocycles. The maximum Gasteiger partial charge on any atom is 0.171 e. The topological polar surface area (TPSA) is 38.2 Å². The third kappa shape index (κ3) is 2.58. The molecule has 0 aliphatic carbocycles. The SMILES string of the molecule is CN(CC1CCCO1)c1nccnc1Cl. The van der Waals surface area contributed by atoms with E-state index in [1.54, 1.807) is 12.4 Å². The Bertz CT molecular complexity index is 328. The lowest BCUT2D eigenvalue weighted by Crippen LogP contribution is -2.29. The molecule has 5 heteroatoms. The first kappa shape index (κ1) is 10.6. The lowest BCUT2D eigenvalue weighted by atomic mass is 10.2. The number of likely N-dealkylation sites (N-methyl/N-ethyl adjacent to an activating group) is 1. The molecule has 1 aromatic heterocycles. The molecule has 2 heterocycles. The van der Waals surface area contributed by atoms with Gasteiger partial charge in [0, 0.05) is 32.6 Å². The Labute approximate surface area is 94.2 Å². The van der Waals surface area contributed by atoms with Crippen LogP contribution in [0.3, 0.4) is 0 Å². The van der Waals surface area contributed by atoms with Gasteiger partial charge >= 0.3 is 0 Å². The standard InChI is InChI=1S/C10H14ClN3O/c1-14(7-8-3-2-6-15-8)10-9(11)12-4-5-13-10/h4-5,8H,2-3,6-7H2,1H3. The third-order valence-electron chi connectivity index (χ3n) is 2.50. The number of ether oxygens (including phenoxy) is 1. The summed E-state index contributed by atoms with van der Waals surface area (Å²) in [7, 11) is 1.96. The third-order valence-corrected chi connectivity index (χ3v) is 2.77. The minimum Gasteiger partial charge on any atom is -0.376 e. The molecule has 0 N–H and O–H groups in total. The van der Waals surface area contributed by atoms with E-state index in [1.165, 1.54) is 0 Å². The maximum absolute atomic E-state index is 5.95. The predicted octanol–water partition coefficient (Wildman–Crippen LogP) is 1.75. The Kier molecular flexibility index (Phi) is 3.38. The van der Waals surface area contributed by atoms with Crippen LogP contribution in [0.5, 0.6) is 0 Å². The summed E-state index contributed by atoms with van der Waals surface area (Å²) in [6.07, 6.45) is 5.79. The van der Waals surface area contributed by atoms with E-state index in [4.69, 9.17) is 16.3 Å². The van der Waals surface area contributed by atoms with E-state index in [1.807, 2.05) is 11.9 Å². The van der Waals surface area contributed by atoms with Gasteiger partial charge < -0.3 is 9.64 Å². The quantitative estimate of drug-likeness (QED) is 0.789. The Balaban J connectivity index is 2.00. The van der Waals surface area contributed by atoms with Crippen molar-refractivity contribution in [3.8, 4) is 0 Å². The van der Waals surface area contributed by atoms with Crippen molar-refractivity contribution in [2.75, 3.05) is 25.1 Å². The van der Waals surface area contributed by atoms with Crippen LogP contribution in [0, 0.1) is 0 Å². The molecule has 1 atom stereocenters. The van der Waals surface area contributed by atoms with E-state index in [9.17, 15) is 0 Å². The van der Waals surface area contributed by atoms with Gasteiger partial charge in [0.2, 0.25) is 0 Å². The second kappa shape index (κ2) is 4.77. The van der Waals surface area contributed by atoms with Gasteiger partial charge in [0.25, 0.3) is 0 Å². The van der Waals surface area contributed by atoms with Crippen LogP contribution in [0.4, 0.5) is 5.82 Å². The van der Waals surface area contributed by atoms with Crippen molar-refractivity contribution in [1.82, 2.24) is 9.97 Å². The van der Waals surface area contributed by atoms with E-state index in [2.05, 4.69) is 9.97 Å². The van der Waals surface area contributed by atoms with Crippen LogP contribution in [0.2, 0.25) is 5.15 Å². The zero-order valence-electron chi connectivity index (χ0n) is 8.69. The molecule has 1 fully saturated rings. The molecule has 0 amide bonds. The zero-order valence-corrected chi connectivity index (χ0v) is 9.44. The van der Waals surface area contributed by atoms with Gasteiger partial charge in [-0.3, -0.25) is 0 Å². The lowest BCUT2D eigenvalue weighted by molar-refractivity contribution is 0.116. The number of rotatable bonds is 3. The van der Waals surface area contributed by atoms with E-state index in [-0.39, 0.29) is 0 Å². The molecule has 1 saturated heterocycles.